The highest BCUT2D eigenvalue weighted by molar-refractivity contribution is 14.1. The summed E-state index contributed by atoms with van der Waals surface area (Å²) in [7, 11) is 0. The maximum absolute atomic E-state index is 11.8. The molecule has 0 unspecified atom stereocenters. The number of ether oxygens (including phenoxy) is 1. The molecule has 8 heteroatoms. The van der Waals surface area contributed by atoms with Crippen molar-refractivity contribution in [1.29, 1.82) is 0 Å². The molecule has 0 atom stereocenters. The fourth-order valence-corrected chi connectivity index (χ4v) is 2.24. The van der Waals surface area contributed by atoms with Crippen molar-refractivity contribution < 1.29 is 19.2 Å². The Hall–Kier alpha value is -2.49. The molecule has 0 fully saturated rings. The maximum atomic E-state index is 11.8. The van der Waals surface area contributed by atoms with Gasteiger partial charge in [-0.2, -0.15) is 0 Å². The number of non-ortho nitro benzene ring substituents is 1. The Morgan fingerprint density at radius 2 is 1.87 bits per heavy atom. The van der Waals surface area contributed by atoms with Crippen LogP contribution in [0.4, 0.5) is 11.4 Å². The minimum absolute atomic E-state index is 0.127. The Bertz CT molecular complexity index is 746. The first-order chi connectivity index (χ1) is 11.0. The van der Waals surface area contributed by atoms with E-state index in [4.69, 9.17) is 4.74 Å². The van der Waals surface area contributed by atoms with Crippen molar-refractivity contribution in [3.63, 3.8) is 0 Å². The third-order valence-corrected chi connectivity index (χ3v) is 3.43. The Balaban J connectivity index is 1.88. The number of hydrogen-bond acceptors (Lipinski definition) is 5. The van der Waals surface area contributed by atoms with E-state index in [1.165, 1.54) is 24.3 Å². The van der Waals surface area contributed by atoms with Crippen LogP contribution in [0.3, 0.4) is 0 Å². The third kappa shape index (κ3) is 5.02. The van der Waals surface area contributed by atoms with E-state index in [0.717, 1.165) is 3.57 Å². The van der Waals surface area contributed by atoms with E-state index < -0.39 is 23.4 Å². The first-order valence-electron chi connectivity index (χ1n) is 6.43. The first-order valence-corrected chi connectivity index (χ1v) is 7.50. The molecule has 0 spiro atoms. The van der Waals surface area contributed by atoms with E-state index in [-0.39, 0.29) is 11.3 Å². The number of hydrogen-bond donors (Lipinski definition) is 1. The molecular weight excluding hydrogens is 415 g/mol. The van der Waals surface area contributed by atoms with Crippen LogP contribution in [-0.4, -0.2) is 23.4 Å². The topological polar surface area (TPSA) is 98.5 Å². The standard InChI is InChI=1S/C15H11IN2O5/c16-11-2-1-3-12(8-11)17-14(19)9-23-15(20)10-4-6-13(7-5-10)18(21)22/h1-8H,9H2,(H,17,19). The number of benzene rings is 2. The maximum Gasteiger partial charge on any atom is 0.338 e. The molecule has 0 aliphatic heterocycles. The van der Waals surface area contributed by atoms with E-state index in [0.29, 0.717) is 5.69 Å². The molecule has 0 bridgehead atoms. The van der Waals surface area contributed by atoms with E-state index in [9.17, 15) is 19.7 Å². The Kier molecular flexibility index (Phi) is 5.63. The van der Waals surface area contributed by atoms with E-state index in [2.05, 4.69) is 27.9 Å². The summed E-state index contributed by atoms with van der Waals surface area (Å²) in [5.74, 6) is -1.19. The SMILES string of the molecule is O=C(COC(=O)c1ccc([N+](=O)[O-])cc1)Nc1cccc(I)c1. The number of nitro groups is 1. The number of esters is 1. The number of rotatable bonds is 5. The third-order valence-electron chi connectivity index (χ3n) is 2.76. The molecule has 2 aromatic rings. The van der Waals surface area contributed by atoms with Gasteiger partial charge in [-0.05, 0) is 52.9 Å². The number of nitro benzene ring substituents is 1. The fraction of sp³-hybridized carbons (Fsp3) is 0.0667. The molecule has 7 nitrogen and oxygen atoms in total. The number of nitrogens with one attached hydrogen (secondary N) is 1. The number of nitrogens with zero attached hydrogens (tertiary/aromatic N) is 1. The van der Waals surface area contributed by atoms with Crippen LogP contribution < -0.4 is 5.32 Å². The van der Waals surface area contributed by atoms with Gasteiger partial charge < -0.3 is 10.1 Å². The van der Waals surface area contributed by atoms with Gasteiger partial charge in [0.2, 0.25) is 0 Å². The van der Waals surface area contributed by atoms with Crippen LogP contribution in [-0.2, 0) is 9.53 Å². The molecule has 0 saturated heterocycles. The number of carbonyl (C=O) groups excluding carboxylic acids is 2. The van der Waals surface area contributed by atoms with E-state index in [1.54, 1.807) is 18.2 Å². The van der Waals surface area contributed by atoms with Crippen molar-refractivity contribution in [1.82, 2.24) is 0 Å². The summed E-state index contributed by atoms with van der Waals surface area (Å²) < 4.78 is 5.83. The molecular formula is C15H11IN2O5. The molecule has 2 rings (SSSR count). The second kappa shape index (κ2) is 7.68. The van der Waals surface area contributed by atoms with Crippen molar-refractivity contribution in [2.24, 2.45) is 0 Å². The summed E-state index contributed by atoms with van der Waals surface area (Å²) in [6.45, 7) is -0.443. The minimum Gasteiger partial charge on any atom is -0.452 e. The molecule has 0 saturated carbocycles. The average Bonchev–Trinajstić information content (AvgIpc) is 2.52. The summed E-state index contributed by atoms with van der Waals surface area (Å²) in [6, 6.07) is 12.1. The van der Waals surface area contributed by atoms with Gasteiger partial charge in [-0.3, -0.25) is 14.9 Å². The normalized spacial score (nSPS) is 9.96. The molecule has 1 amide bonds. The van der Waals surface area contributed by atoms with Crippen LogP contribution in [0.25, 0.3) is 0 Å². The zero-order chi connectivity index (χ0) is 16.8. The lowest BCUT2D eigenvalue weighted by Gasteiger charge is -2.07. The summed E-state index contributed by atoms with van der Waals surface area (Å²) >= 11 is 2.11. The second-order valence-electron chi connectivity index (χ2n) is 4.44. The quantitative estimate of drug-likeness (QED) is 0.343. The number of anilines is 1. The van der Waals surface area contributed by atoms with Crippen LogP contribution >= 0.6 is 22.6 Å². The summed E-state index contributed by atoms with van der Waals surface area (Å²) in [5.41, 5.74) is 0.615. The van der Waals surface area contributed by atoms with Crippen molar-refractivity contribution in [3.05, 3.63) is 67.8 Å². The summed E-state index contributed by atoms with van der Waals surface area (Å²) in [4.78, 5) is 33.5. The molecule has 0 aliphatic carbocycles. The van der Waals surface area contributed by atoms with Crippen molar-refractivity contribution in [2.75, 3.05) is 11.9 Å². The van der Waals surface area contributed by atoms with Gasteiger partial charge >= 0.3 is 5.97 Å². The molecule has 2 aromatic carbocycles. The molecule has 23 heavy (non-hydrogen) atoms. The van der Waals surface area contributed by atoms with Crippen LogP contribution in [0.1, 0.15) is 10.4 Å². The first kappa shape index (κ1) is 16.9. The predicted octanol–water partition coefficient (Wildman–Crippen LogP) is 2.99. The van der Waals surface area contributed by atoms with Crippen molar-refractivity contribution in [2.45, 2.75) is 0 Å². The molecule has 1 N–H and O–H groups in total. The largest absolute Gasteiger partial charge is 0.452 e. The van der Waals surface area contributed by atoms with E-state index >= 15 is 0 Å². The molecule has 0 aromatic heterocycles. The zero-order valence-corrected chi connectivity index (χ0v) is 13.8. The van der Waals surface area contributed by atoms with Gasteiger partial charge in [0.15, 0.2) is 6.61 Å². The highest BCUT2D eigenvalue weighted by atomic mass is 127. The fourth-order valence-electron chi connectivity index (χ4n) is 1.70. The van der Waals surface area contributed by atoms with E-state index in [1.807, 2.05) is 6.07 Å². The van der Waals surface area contributed by atoms with Gasteiger partial charge in [-0.1, -0.05) is 6.07 Å². The smallest absolute Gasteiger partial charge is 0.338 e. The lowest BCUT2D eigenvalue weighted by molar-refractivity contribution is -0.384. The average molecular weight is 426 g/mol. The van der Waals surface area contributed by atoms with Gasteiger partial charge in [0.25, 0.3) is 11.6 Å². The Morgan fingerprint density at radius 3 is 2.48 bits per heavy atom. The summed E-state index contributed by atoms with van der Waals surface area (Å²) in [6.07, 6.45) is 0. The van der Waals surface area contributed by atoms with Crippen molar-refractivity contribution in [3.8, 4) is 0 Å². The van der Waals surface area contributed by atoms with Crippen molar-refractivity contribution >= 4 is 45.8 Å². The van der Waals surface area contributed by atoms with Crippen LogP contribution in [0.15, 0.2) is 48.5 Å². The number of halogens is 1. The van der Waals surface area contributed by atoms with Gasteiger partial charge in [-0.25, -0.2) is 4.79 Å². The van der Waals surface area contributed by atoms with Crippen LogP contribution in [0.2, 0.25) is 0 Å². The van der Waals surface area contributed by atoms with Gasteiger partial charge in [0.1, 0.15) is 0 Å². The minimum atomic E-state index is -0.724. The number of amides is 1. The Morgan fingerprint density at radius 1 is 1.17 bits per heavy atom. The highest BCUT2D eigenvalue weighted by Gasteiger charge is 2.12. The molecule has 0 heterocycles. The van der Waals surface area contributed by atoms with Gasteiger partial charge in [0, 0.05) is 21.4 Å². The van der Waals surface area contributed by atoms with Crippen LogP contribution in [0.5, 0.6) is 0 Å². The molecule has 118 valence electrons. The lowest BCUT2D eigenvalue weighted by atomic mass is 10.2. The number of carbonyl (C=O) groups is 2. The van der Waals surface area contributed by atoms with Crippen LogP contribution in [0, 0.1) is 13.7 Å². The predicted molar refractivity (Wildman–Crippen MR) is 91.2 cm³/mol. The Labute approximate surface area is 144 Å². The van der Waals surface area contributed by atoms with Gasteiger partial charge in [0.05, 0.1) is 10.5 Å². The highest BCUT2D eigenvalue weighted by Crippen LogP contribution is 2.14. The second-order valence-corrected chi connectivity index (χ2v) is 5.68. The lowest BCUT2D eigenvalue weighted by Crippen LogP contribution is -2.20. The zero-order valence-electron chi connectivity index (χ0n) is 11.7. The summed E-state index contributed by atoms with van der Waals surface area (Å²) in [5, 5.41) is 13.1. The molecule has 0 aliphatic rings. The van der Waals surface area contributed by atoms with Gasteiger partial charge in [-0.15, -0.1) is 0 Å². The molecule has 0 radical (unpaired) electrons. The monoisotopic (exact) mass is 426 g/mol.